The Balaban J connectivity index is 1.30. The predicted molar refractivity (Wildman–Crippen MR) is 123 cm³/mol. The number of hydrogen-bond acceptors (Lipinski definition) is 4. The van der Waals surface area contributed by atoms with E-state index in [1.807, 2.05) is 0 Å². The highest BCUT2D eigenvalue weighted by atomic mass is 35.5. The Labute approximate surface area is 210 Å². The number of alkyl halides is 3. The number of ether oxygens (including phenoxy) is 1. The number of amides is 2. The molecule has 0 aromatic heterocycles. The van der Waals surface area contributed by atoms with Gasteiger partial charge in [-0.25, -0.2) is 4.39 Å². The zero-order chi connectivity index (χ0) is 26.1. The van der Waals surface area contributed by atoms with Crippen molar-refractivity contribution in [1.82, 2.24) is 10.6 Å². The summed E-state index contributed by atoms with van der Waals surface area (Å²) < 4.78 is 57.1. The maximum absolute atomic E-state index is 13.5. The molecule has 3 aliphatic rings. The van der Waals surface area contributed by atoms with E-state index in [9.17, 15) is 32.3 Å². The topological polar surface area (TPSA) is 87.7 Å². The number of carbonyl (C=O) groups is 2. The molecule has 1 atom stereocenters. The third-order valence-corrected chi connectivity index (χ3v) is 7.48. The van der Waals surface area contributed by atoms with Crippen molar-refractivity contribution in [3.05, 3.63) is 64.4 Å². The van der Waals surface area contributed by atoms with Crippen molar-refractivity contribution in [3.8, 4) is 5.75 Å². The van der Waals surface area contributed by atoms with Gasteiger partial charge in [-0.3, -0.25) is 9.59 Å². The first kappa shape index (κ1) is 26.2. The van der Waals surface area contributed by atoms with Gasteiger partial charge in [-0.15, -0.1) is 0 Å². The summed E-state index contributed by atoms with van der Waals surface area (Å²) in [7, 11) is 0. The molecule has 0 heterocycles. The van der Waals surface area contributed by atoms with Gasteiger partial charge in [0.05, 0.1) is 22.1 Å². The Morgan fingerprint density at radius 3 is 2.33 bits per heavy atom. The van der Waals surface area contributed by atoms with E-state index in [0.717, 1.165) is 18.2 Å². The summed E-state index contributed by atoms with van der Waals surface area (Å²) in [5, 5.41) is 16.5. The minimum atomic E-state index is -4.43. The van der Waals surface area contributed by atoms with Gasteiger partial charge < -0.3 is 20.5 Å². The van der Waals surface area contributed by atoms with E-state index < -0.39 is 40.5 Å². The van der Waals surface area contributed by atoms with E-state index >= 15 is 0 Å². The SMILES string of the molecule is O=C(COc1ccc(Cl)c(F)c1)NC12CCC(C(=O)NCc3ccc(C(F)(F)F)cc3)(CC1)[C@H](O)C2. The Kier molecular flexibility index (Phi) is 7.21. The molecule has 3 N–H and O–H groups in total. The zero-order valence-electron chi connectivity index (χ0n) is 19.1. The van der Waals surface area contributed by atoms with Crippen LogP contribution in [-0.4, -0.2) is 35.2 Å². The van der Waals surface area contributed by atoms with E-state index in [0.29, 0.717) is 31.2 Å². The van der Waals surface area contributed by atoms with Gasteiger partial charge in [0.15, 0.2) is 6.61 Å². The lowest BCUT2D eigenvalue weighted by Crippen LogP contribution is -2.65. The van der Waals surface area contributed by atoms with Gasteiger partial charge in [-0.1, -0.05) is 23.7 Å². The fourth-order valence-electron chi connectivity index (χ4n) is 5.05. The zero-order valence-corrected chi connectivity index (χ0v) is 19.9. The summed E-state index contributed by atoms with van der Waals surface area (Å²) in [5.41, 5.74) is -1.96. The van der Waals surface area contributed by atoms with Crippen LogP contribution in [0.2, 0.25) is 5.02 Å². The van der Waals surface area contributed by atoms with Crippen molar-refractivity contribution in [2.45, 2.75) is 56.5 Å². The quantitative estimate of drug-likeness (QED) is 0.466. The highest BCUT2D eigenvalue weighted by molar-refractivity contribution is 6.30. The van der Waals surface area contributed by atoms with Crippen molar-refractivity contribution in [1.29, 1.82) is 0 Å². The number of rotatable bonds is 7. The maximum atomic E-state index is 13.5. The standard InChI is InChI=1S/C25H25ClF4N2O4/c26-18-6-5-17(11-19(18)27)36-14-21(34)32-23-7-9-24(10-8-23,20(33)12-23)22(35)31-13-15-1-3-16(4-2-15)25(28,29)30/h1-6,11,20,33H,7-10,12-14H2,(H,31,35)(H,32,34)/t20-,23?,24?/m1/s1. The van der Waals surface area contributed by atoms with Crippen LogP contribution < -0.4 is 15.4 Å². The van der Waals surface area contributed by atoms with Crippen LogP contribution in [0.3, 0.4) is 0 Å². The third-order valence-electron chi connectivity index (χ3n) is 7.17. The van der Waals surface area contributed by atoms with Gasteiger partial charge >= 0.3 is 6.18 Å². The van der Waals surface area contributed by atoms with Gasteiger partial charge in [-0.2, -0.15) is 13.2 Å². The van der Waals surface area contributed by atoms with Crippen molar-refractivity contribution in [3.63, 3.8) is 0 Å². The number of aliphatic hydroxyl groups is 1. The van der Waals surface area contributed by atoms with Gasteiger partial charge in [0, 0.05) is 18.2 Å². The normalized spacial score (nSPS) is 25.3. The van der Waals surface area contributed by atoms with E-state index in [1.165, 1.54) is 24.3 Å². The summed E-state index contributed by atoms with van der Waals surface area (Å²) in [6, 6.07) is 8.37. The molecule has 0 unspecified atom stereocenters. The predicted octanol–water partition coefficient (Wildman–Crippen LogP) is 4.37. The molecule has 2 bridgehead atoms. The van der Waals surface area contributed by atoms with Gasteiger partial charge in [0.25, 0.3) is 5.91 Å². The maximum Gasteiger partial charge on any atom is 0.416 e. The molecule has 2 amide bonds. The molecule has 194 valence electrons. The Bertz CT molecular complexity index is 1130. The molecule has 5 rings (SSSR count). The largest absolute Gasteiger partial charge is 0.484 e. The van der Waals surface area contributed by atoms with Crippen molar-refractivity contribution < 1.29 is 37.0 Å². The average Bonchev–Trinajstić information content (AvgIpc) is 2.83. The van der Waals surface area contributed by atoms with Crippen LogP contribution in [0.4, 0.5) is 17.6 Å². The molecule has 36 heavy (non-hydrogen) atoms. The minimum Gasteiger partial charge on any atom is -0.484 e. The lowest BCUT2D eigenvalue weighted by atomic mass is 9.55. The number of hydrogen-bond donors (Lipinski definition) is 3. The molecule has 2 aromatic carbocycles. The third kappa shape index (κ3) is 5.44. The molecule has 11 heteroatoms. The molecule has 0 radical (unpaired) electrons. The van der Waals surface area contributed by atoms with Crippen molar-refractivity contribution in [2.75, 3.05) is 6.61 Å². The van der Waals surface area contributed by atoms with E-state index in [-0.39, 0.29) is 36.3 Å². The molecule has 0 spiro atoms. The number of carbonyl (C=O) groups excluding carboxylic acids is 2. The number of fused-ring (bicyclic) bond motifs is 3. The second-order valence-corrected chi connectivity index (χ2v) is 9.85. The van der Waals surface area contributed by atoms with E-state index in [2.05, 4.69) is 10.6 Å². The molecule has 3 saturated carbocycles. The Hall–Kier alpha value is -2.85. The number of nitrogens with one attached hydrogen (secondary N) is 2. The molecule has 2 aromatic rings. The summed E-state index contributed by atoms with van der Waals surface area (Å²) >= 11 is 5.63. The average molecular weight is 529 g/mol. The molecule has 6 nitrogen and oxygen atoms in total. The summed E-state index contributed by atoms with van der Waals surface area (Å²) in [6.07, 6.45) is -3.62. The first-order valence-electron chi connectivity index (χ1n) is 11.4. The highest BCUT2D eigenvalue weighted by Gasteiger charge is 2.58. The lowest BCUT2D eigenvalue weighted by Gasteiger charge is -2.55. The fourth-order valence-corrected chi connectivity index (χ4v) is 5.17. The molecule has 0 aliphatic heterocycles. The van der Waals surface area contributed by atoms with Crippen LogP contribution in [0.25, 0.3) is 0 Å². The number of benzene rings is 2. The lowest BCUT2D eigenvalue weighted by molar-refractivity contribution is -0.156. The van der Waals surface area contributed by atoms with Crippen LogP contribution >= 0.6 is 11.6 Å². The van der Waals surface area contributed by atoms with Crippen LogP contribution in [0.5, 0.6) is 5.75 Å². The van der Waals surface area contributed by atoms with E-state index in [4.69, 9.17) is 16.3 Å². The van der Waals surface area contributed by atoms with Gasteiger partial charge in [0.2, 0.25) is 5.91 Å². The summed E-state index contributed by atoms with van der Waals surface area (Å²) in [6.45, 7) is -0.312. The second-order valence-electron chi connectivity index (χ2n) is 9.45. The second kappa shape index (κ2) is 9.89. The Morgan fingerprint density at radius 2 is 1.75 bits per heavy atom. The first-order chi connectivity index (χ1) is 16.9. The molecular formula is C25H25ClF4N2O4. The van der Waals surface area contributed by atoms with Crippen LogP contribution in [0, 0.1) is 11.2 Å². The van der Waals surface area contributed by atoms with Crippen LogP contribution in [0.1, 0.15) is 43.2 Å². The summed E-state index contributed by atoms with van der Waals surface area (Å²) in [4.78, 5) is 25.5. The molecule has 0 saturated heterocycles. The van der Waals surface area contributed by atoms with Gasteiger partial charge in [-0.05, 0) is 61.9 Å². The molecule has 3 aliphatic carbocycles. The van der Waals surface area contributed by atoms with E-state index in [1.54, 1.807) is 0 Å². The van der Waals surface area contributed by atoms with Crippen LogP contribution in [-0.2, 0) is 22.3 Å². The number of halogens is 5. The molecular weight excluding hydrogens is 504 g/mol. The minimum absolute atomic E-state index is 0.0376. The monoisotopic (exact) mass is 528 g/mol. The molecule has 3 fully saturated rings. The Morgan fingerprint density at radius 1 is 1.08 bits per heavy atom. The van der Waals surface area contributed by atoms with Gasteiger partial charge in [0.1, 0.15) is 11.6 Å². The number of aliphatic hydroxyl groups excluding tert-OH is 1. The highest BCUT2D eigenvalue weighted by Crippen LogP contribution is 2.52. The fraction of sp³-hybridized carbons (Fsp3) is 0.440. The van der Waals surface area contributed by atoms with Crippen molar-refractivity contribution >= 4 is 23.4 Å². The van der Waals surface area contributed by atoms with Crippen molar-refractivity contribution in [2.24, 2.45) is 5.41 Å². The summed E-state index contributed by atoms with van der Waals surface area (Å²) in [5.74, 6) is -1.30. The first-order valence-corrected chi connectivity index (χ1v) is 11.8. The smallest absolute Gasteiger partial charge is 0.416 e. The van der Waals surface area contributed by atoms with Crippen LogP contribution in [0.15, 0.2) is 42.5 Å².